The number of halogens is 1. The second kappa shape index (κ2) is 10.6. The van der Waals surface area contributed by atoms with Gasteiger partial charge in [0.2, 0.25) is 0 Å². The third-order valence-corrected chi connectivity index (χ3v) is 6.10. The van der Waals surface area contributed by atoms with Crippen molar-refractivity contribution in [3.05, 3.63) is 59.7 Å². The quantitative estimate of drug-likeness (QED) is 0.388. The zero-order valence-corrected chi connectivity index (χ0v) is 20.3. The predicted octanol–water partition coefficient (Wildman–Crippen LogP) is 5.67. The van der Waals surface area contributed by atoms with Crippen molar-refractivity contribution in [2.24, 2.45) is 5.41 Å². The van der Waals surface area contributed by atoms with Gasteiger partial charge in [0.25, 0.3) is 0 Å². The number of hydrogen-bond donors (Lipinski definition) is 0. The number of likely N-dealkylation sites (tertiary alicyclic amines) is 1. The molecule has 0 spiro atoms. The molecule has 0 amide bonds. The molecule has 182 valence electrons. The smallest absolute Gasteiger partial charge is 0.316 e. The molecule has 2 aliphatic heterocycles. The SMILES string of the molecule is CC(C)(C)C(=O)Oc1ccc2c(c1)OCCC=C2c1ccc(O[C@H]2CCN(CCCF)C2)cc1. The van der Waals surface area contributed by atoms with Crippen LogP contribution in [0.3, 0.4) is 0 Å². The van der Waals surface area contributed by atoms with Crippen LogP contribution in [0.4, 0.5) is 4.39 Å². The standard InChI is InChI=1S/C28H34FNO4/c1-28(2,3)27(31)34-22-11-12-25-24(6-4-17-32-26(25)18-22)20-7-9-21(10-8-20)33-23-13-16-30(19-23)15-5-14-29/h6-12,18,23H,4-5,13-17,19H2,1-3H3/t23-/m0/s1. The lowest BCUT2D eigenvalue weighted by atomic mass is 9.96. The number of esters is 1. The molecule has 1 saturated heterocycles. The van der Waals surface area contributed by atoms with Gasteiger partial charge in [-0.25, -0.2) is 0 Å². The van der Waals surface area contributed by atoms with E-state index in [1.807, 2.05) is 45.0 Å². The Hall–Kier alpha value is -2.86. The number of benzene rings is 2. The summed E-state index contributed by atoms with van der Waals surface area (Å²) in [6.07, 6.45) is 4.66. The third kappa shape index (κ3) is 5.98. The fourth-order valence-electron chi connectivity index (χ4n) is 4.21. The molecular formula is C28H34FNO4. The van der Waals surface area contributed by atoms with E-state index in [2.05, 4.69) is 23.1 Å². The second-order valence-corrected chi connectivity index (χ2v) is 9.95. The Balaban J connectivity index is 1.45. The summed E-state index contributed by atoms with van der Waals surface area (Å²) in [4.78, 5) is 14.5. The Morgan fingerprint density at radius 2 is 1.91 bits per heavy atom. The third-order valence-electron chi connectivity index (χ3n) is 6.10. The molecule has 6 heteroatoms. The zero-order chi connectivity index (χ0) is 24.1. The molecule has 0 bridgehead atoms. The number of fused-ring (bicyclic) bond motifs is 1. The maximum absolute atomic E-state index is 12.4. The van der Waals surface area contributed by atoms with Gasteiger partial charge >= 0.3 is 5.97 Å². The lowest BCUT2D eigenvalue weighted by Crippen LogP contribution is -2.26. The average Bonchev–Trinajstić information content (AvgIpc) is 3.14. The summed E-state index contributed by atoms with van der Waals surface area (Å²) in [5.41, 5.74) is 2.56. The van der Waals surface area contributed by atoms with Crippen LogP contribution in [-0.4, -0.2) is 49.9 Å². The van der Waals surface area contributed by atoms with Crippen LogP contribution in [0.2, 0.25) is 0 Å². The molecule has 34 heavy (non-hydrogen) atoms. The molecule has 0 radical (unpaired) electrons. The summed E-state index contributed by atoms with van der Waals surface area (Å²) >= 11 is 0. The average molecular weight is 468 g/mol. The van der Waals surface area contributed by atoms with E-state index < -0.39 is 5.41 Å². The largest absolute Gasteiger partial charge is 0.492 e. The molecule has 2 aliphatic rings. The lowest BCUT2D eigenvalue weighted by molar-refractivity contribution is -0.143. The highest BCUT2D eigenvalue weighted by Gasteiger charge is 2.25. The van der Waals surface area contributed by atoms with Crippen molar-refractivity contribution in [1.82, 2.24) is 4.90 Å². The van der Waals surface area contributed by atoms with Gasteiger partial charge in [-0.15, -0.1) is 0 Å². The summed E-state index contributed by atoms with van der Waals surface area (Å²) in [6, 6.07) is 13.7. The Labute approximate surface area is 201 Å². The van der Waals surface area contributed by atoms with Crippen molar-refractivity contribution < 1.29 is 23.4 Å². The van der Waals surface area contributed by atoms with E-state index in [4.69, 9.17) is 14.2 Å². The lowest BCUT2D eigenvalue weighted by Gasteiger charge is -2.18. The van der Waals surface area contributed by atoms with Crippen molar-refractivity contribution in [3.63, 3.8) is 0 Å². The first-order chi connectivity index (χ1) is 16.3. The topological polar surface area (TPSA) is 48.0 Å². The number of ether oxygens (including phenoxy) is 3. The van der Waals surface area contributed by atoms with Crippen molar-refractivity contribution in [2.45, 2.75) is 46.1 Å². The van der Waals surface area contributed by atoms with E-state index in [0.717, 1.165) is 54.9 Å². The van der Waals surface area contributed by atoms with Crippen LogP contribution >= 0.6 is 0 Å². The first kappa shape index (κ1) is 24.3. The highest BCUT2D eigenvalue weighted by Crippen LogP contribution is 2.37. The van der Waals surface area contributed by atoms with E-state index >= 15 is 0 Å². The fraction of sp³-hybridized carbons (Fsp3) is 0.464. The minimum Gasteiger partial charge on any atom is -0.492 e. The number of alkyl halides is 1. The van der Waals surface area contributed by atoms with Crippen molar-refractivity contribution in [1.29, 1.82) is 0 Å². The number of nitrogens with zero attached hydrogens (tertiary/aromatic N) is 1. The fourth-order valence-corrected chi connectivity index (χ4v) is 4.21. The summed E-state index contributed by atoms with van der Waals surface area (Å²) in [7, 11) is 0. The molecule has 0 aromatic heterocycles. The number of hydrogen-bond acceptors (Lipinski definition) is 5. The molecular weight excluding hydrogens is 433 g/mol. The molecule has 4 rings (SSSR count). The molecule has 2 heterocycles. The normalized spacial score (nSPS) is 18.5. The number of rotatable bonds is 7. The minimum absolute atomic E-state index is 0.144. The van der Waals surface area contributed by atoms with Gasteiger partial charge in [0.1, 0.15) is 23.4 Å². The Morgan fingerprint density at radius 1 is 1.15 bits per heavy atom. The summed E-state index contributed by atoms with van der Waals surface area (Å²) in [5.74, 6) is 1.76. The van der Waals surface area contributed by atoms with Gasteiger partial charge in [-0.1, -0.05) is 18.2 Å². The predicted molar refractivity (Wildman–Crippen MR) is 131 cm³/mol. The van der Waals surface area contributed by atoms with Crippen LogP contribution < -0.4 is 14.2 Å². The van der Waals surface area contributed by atoms with Gasteiger partial charge in [0, 0.05) is 37.7 Å². The molecule has 0 saturated carbocycles. The van der Waals surface area contributed by atoms with Crippen LogP contribution in [0, 0.1) is 5.41 Å². The second-order valence-electron chi connectivity index (χ2n) is 9.95. The van der Waals surface area contributed by atoms with E-state index in [1.165, 1.54) is 0 Å². The zero-order valence-electron chi connectivity index (χ0n) is 20.3. The van der Waals surface area contributed by atoms with Crippen molar-refractivity contribution >= 4 is 11.5 Å². The van der Waals surface area contributed by atoms with Crippen molar-refractivity contribution in [2.75, 3.05) is 32.9 Å². The Morgan fingerprint density at radius 3 is 2.65 bits per heavy atom. The van der Waals surface area contributed by atoms with Gasteiger partial charge in [-0.2, -0.15) is 0 Å². The van der Waals surface area contributed by atoms with Gasteiger partial charge in [-0.3, -0.25) is 14.1 Å². The number of carbonyl (C=O) groups is 1. The molecule has 1 atom stereocenters. The number of carbonyl (C=O) groups excluding carboxylic acids is 1. The van der Waals surface area contributed by atoms with E-state index in [-0.39, 0.29) is 18.7 Å². The van der Waals surface area contributed by atoms with Gasteiger partial charge in [0.05, 0.1) is 18.7 Å². The van der Waals surface area contributed by atoms with Crippen LogP contribution in [0.1, 0.15) is 51.2 Å². The maximum atomic E-state index is 12.4. The van der Waals surface area contributed by atoms with Gasteiger partial charge in [-0.05, 0) is 69.0 Å². The van der Waals surface area contributed by atoms with Crippen LogP contribution in [-0.2, 0) is 4.79 Å². The first-order valence-corrected chi connectivity index (χ1v) is 12.1. The van der Waals surface area contributed by atoms with Gasteiger partial charge < -0.3 is 14.2 Å². The van der Waals surface area contributed by atoms with E-state index in [0.29, 0.717) is 24.5 Å². The van der Waals surface area contributed by atoms with Gasteiger partial charge in [0.15, 0.2) is 0 Å². The Bertz CT molecular complexity index is 1030. The monoisotopic (exact) mass is 467 g/mol. The molecule has 0 N–H and O–H groups in total. The minimum atomic E-state index is -0.576. The van der Waals surface area contributed by atoms with Crippen LogP contribution in [0.25, 0.3) is 5.57 Å². The Kier molecular flexibility index (Phi) is 7.57. The molecule has 0 aliphatic carbocycles. The molecule has 0 unspecified atom stereocenters. The van der Waals surface area contributed by atoms with Crippen LogP contribution in [0.5, 0.6) is 17.2 Å². The summed E-state index contributed by atoms with van der Waals surface area (Å²) in [5, 5.41) is 0. The highest BCUT2D eigenvalue weighted by atomic mass is 19.1. The molecule has 5 nitrogen and oxygen atoms in total. The summed E-state index contributed by atoms with van der Waals surface area (Å²) in [6.45, 7) is 8.39. The highest BCUT2D eigenvalue weighted by molar-refractivity contribution is 5.84. The molecule has 2 aromatic rings. The molecule has 2 aromatic carbocycles. The van der Waals surface area contributed by atoms with Crippen molar-refractivity contribution in [3.8, 4) is 17.2 Å². The van der Waals surface area contributed by atoms with Crippen LogP contribution in [0.15, 0.2) is 48.5 Å². The first-order valence-electron chi connectivity index (χ1n) is 12.1. The summed E-state index contributed by atoms with van der Waals surface area (Å²) < 4.78 is 30.1. The van der Waals surface area contributed by atoms with E-state index in [1.54, 1.807) is 6.07 Å². The van der Waals surface area contributed by atoms with E-state index in [9.17, 15) is 9.18 Å². The molecule has 1 fully saturated rings. The maximum Gasteiger partial charge on any atom is 0.316 e.